The van der Waals surface area contributed by atoms with Gasteiger partial charge in [-0.1, -0.05) is 30.3 Å². The Bertz CT molecular complexity index is 623. The monoisotopic (exact) mass is 266 g/mol. The predicted octanol–water partition coefficient (Wildman–Crippen LogP) is 3.80. The fourth-order valence-corrected chi connectivity index (χ4v) is 1.92. The summed E-state index contributed by atoms with van der Waals surface area (Å²) in [7, 11) is 0. The number of hydrogen-bond donors (Lipinski definition) is 1. The van der Waals surface area contributed by atoms with Gasteiger partial charge >= 0.3 is 0 Å². The first-order valence-corrected chi connectivity index (χ1v) is 5.81. The first kappa shape index (κ1) is 13.6. The van der Waals surface area contributed by atoms with Gasteiger partial charge in [0.05, 0.1) is 0 Å². The van der Waals surface area contributed by atoms with Crippen molar-refractivity contribution in [2.45, 2.75) is 20.0 Å². The molecule has 1 unspecified atom stereocenters. The largest absolute Gasteiger partial charge is 0.383 e. The van der Waals surface area contributed by atoms with E-state index in [1.54, 1.807) is 6.07 Å². The van der Waals surface area contributed by atoms with Crippen LogP contribution in [0.1, 0.15) is 28.4 Å². The number of benzene rings is 2. The Hall–Kier alpha value is -1.81. The van der Waals surface area contributed by atoms with E-state index in [1.807, 2.05) is 0 Å². The second-order valence-corrected chi connectivity index (χ2v) is 4.48. The number of aliphatic hydroxyl groups excluding tert-OH is 1. The molecule has 0 aliphatic heterocycles. The van der Waals surface area contributed by atoms with Crippen LogP contribution >= 0.6 is 0 Å². The quantitative estimate of drug-likeness (QED) is 0.876. The summed E-state index contributed by atoms with van der Waals surface area (Å²) in [6.07, 6.45) is -1.53. The highest BCUT2D eigenvalue weighted by atomic mass is 19.2. The van der Waals surface area contributed by atoms with Crippen molar-refractivity contribution in [2.24, 2.45) is 0 Å². The van der Waals surface area contributed by atoms with Gasteiger partial charge in [0.1, 0.15) is 11.9 Å². The zero-order valence-corrected chi connectivity index (χ0v) is 10.5. The predicted molar refractivity (Wildman–Crippen MR) is 66.3 cm³/mol. The Kier molecular flexibility index (Phi) is 3.62. The maximum atomic E-state index is 13.9. The van der Waals surface area contributed by atoms with Gasteiger partial charge in [0.2, 0.25) is 0 Å². The molecule has 0 radical (unpaired) electrons. The average molecular weight is 266 g/mol. The highest BCUT2D eigenvalue weighted by Gasteiger charge is 2.22. The zero-order valence-electron chi connectivity index (χ0n) is 10.5. The molecule has 0 bridgehead atoms. The molecule has 0 fully saturated rings. The molecule has 19 heavy (non-hydrogen) atoms. The molecular weight excluding hydrogens is 253 g/mol. The van der Waals surface area contributed by atoms with Crippen LogP contribution in [0, 0.1) is 31.3 Å². The summed E-state index contributed by atoms with van der Waals surface area (Å²) in [4.78, 5) is 0. The molecule has 1 atom stereocenters. The molecule has 100 valence electrons. The molecule has 0 amide bonds. The van der Waals surface area contributed by atoms with E-state index in [0.29, 0.717) is 5.56 Å². The van der Waals surface area contributed by atoms with Crippen LogP contribution in [0.25, 0.3) is 0 Å². The maximum absolute atomic E-state index is 13.9. The summed E-state index contributed by atoms with van der Waals surface area (Å²) < 4.78 is 41.1. The number of rotatable bonds is 2. The van der Waals surface area contributed by atoms with E-state index in [0.717, 1.165) is 0 Å². The SMILES string of the molecule is Cc1cccc(C(O)c2ccc(C)c(F)c2F)c1F. The van der Waals surface area contributed by atoms with Crippen molar-refractivity contribution in [3.8, 4) is 0 Å². The minimum absolute atomic E-state index is 0.0675. The van der Waals surface area contributed by atoms with E-state index in [9.17, 15) is 18.3 Å². The summed E-state index contributed by atoms with van der Waals surface area (Å²) in [5.41, 5.74) is 0.137. The smallest absolute Gasteiger partial charge is 0.165 e. The molecule has 2 aromatic carbocycles. The maximum Gasteiger partial charge on any atom is 0.165 e. The lowest BCUT2D eigenvalue weighted by Gasteiger charge is -2.15. The molecule has 4 heteroatoms. The molecule has 0 saturated heterocycles. The van der Waals surface area contributed by atoms with Crippen molar-refractivity contribution < 1.29 is 18.3 Å². The van der Waals surface area contributed by atoms with Crippen molar-refractivity contribution in [3.05, 3.63) is 70.0 Å². The highest BCUT2D eigenvalue weighted by molar-refractivity contribution is 5.36. The molecule has 1 nitrogen and oxygen atoms in total. The van der Waals surface area contributed by atoms with Gasteiger partial charge in [0, 0.05) is 11.1 Å². The molecule has 0 saturated carbocycles. The standard InChI is InChI=1S/C15H13F3O/c1-8-4-3-5-10(12(8)16)15(19)11-7-6-9(2)13(17)14(11)18/h3-7,15,19H,1-2H3. The molecule has 1 N–H and O–H groups in total. The molecule has 2 aromatic rings. The molecule has 0 aromatic heterocycles. The van der Waals surface area contributed by atoms with Crippen LogP contribution in [0.2, 0.25) is 0 Å². The zero-order chi connectivity index (χ0) is 14.2. The van der Waals surface area contributed by atoms with Gasteiger partial charge in [-0.3, -0.25) is 0 Å². The molecule has 2 rings (SSSR count). The van der Waals surface area contributed by atoms with Crippen molar-refractivity contribution in [3.63, 3.8) is 0 Å². The van der Waals surface area contributed by atoms with Crippen LogP contribution in [0.15, 0.2) is 30.3 Å². The third kappa shape index (κ3) is 2.36. The Balaban J connectivity index is 2.53. The Labute approximate surface area is 109 Å². The second kappa shape index (κ2) is 5.05. The molecule has 0 heterocycles. The summed E-state index contributed by atoms with van der Waals surface area (Å²) in [5.74, 6) is -2.78. The van der Waals surface area contributed by atoms with E-state index in [1.165, 1.54) is 38.1 Å². The van der Waals surface area contributed by atoms with Crippen LogP contribution in [0.3, 0.4) is 0 Å². The number of aryl methyl sites for hydroxylation is 2. The van der Waals surface area contributed by atoms with Gasteiger partial charge in [-0.2, -0.15) is 0 Å². The fraction of sp³-hybridized carbons (Fsp3) is 0.200. The lowest BCUT2D eigenvalue weighted by Crippen LogP contribution is -2.08. The van der Waals surface area contributed by atoms with Gasteiger partial charge in [0.25, 0.3) is 0 Å². The van der Waals surface area contributed by atoms with E-state index in [2.05, 4.69) is 0 Å². The molecule has 0 aliphatic rings. The minimum atomic E-state index is -1.53. The normalized spacial score (nSPS) is 12.5. The van der Waals surface area contributed by atoms with Crippen molar-refractivity contribution in [2.75, 3.05) is 0 Å². The summed E-state index contributed by atoms with van der Waals surface area (Å²) in [6, 6.07) is 7.06. The van der Waals surface area contributed by atoms with Crippen LogP contribution in [-0.4, -0.2) is 5.11 Å². The van der Waals surface area contributed by atoms with Crippen LogP contribution in [0.4, 0.5) is 13.2 Å². The van der Waals surface area contributed by atoms with E-state index in [4.69, 9.17) is 0 Å². The Morgan fingerprint density at radius 3 is 2.05 bits per heavy atom. The van der Waals surface area contributed by atoms with Gasteiger partial charge in [0.15, 0.2) is 11.6 Å². The Morgan fingerprint density at radius 1 is 0.789 bits per heavy atom. The minimum Gasteiger partial charge on any atom is -0.383 e. The number of halogens is 3. The van der Waals surface area contributed by atoms with Crippen LogP contribution < -0.4 is 0 Å². The van der Waals surface area contributed by atoms with Crippen LogP contribution in [0.5, 0.6) is 0 Å². The summed E-state index contributed by atoms with van der Waals surface area (Å²) in [6.45, 7) is 2.96. The van der Waals surface area contributed by atoms with Crippen molar-refractivity contribution in [1.82, 2.24) is 0 Å². The molecule has 0 spiro atoms. The summed E-state index contributed by atoms with van der Waals surface area (Å²) in [5, 5.41) is 10.0. The van der Waals surface area contributed by atoms with E-state index < -0.39 is 23.6 Å². The third-order valence-electron chi connectivity index (χ3n) is 3.12. The van der Waals surface area contributed by atoms with E-state index >= 15 is 0 Å². The second-order valence-electron chi connectivity index (χ2n) is 4.48. The fourth-order valence-electron chi connectivity index (χ4n) is 1.92. The number of hydrogen-bond acceptors (Lipinski definition) is 1. The van der Waals surface area contributed by atoms with Gasteiger partial charge in [-0.05, 0) is 25.0 Å². The lowest BCUT2D eigenvalue weighted by atomic mass is 9.97. The third-order valence-corrected chi connectivity index (χ3v) is 3.12. The van der Waals surface area contributed by atoms with Gasteiger partial charge in [-0.25, -0.2) is 13.2 Å². The van der Waals surface area contributed by atoms with Crippen LogP contribution in [-0.2, 0) is 0 Å². The summed E-state index contributed by atoms with van der Waals surface area (Å²) >= 11 is 0. The average Bonchev–Trinajstić information content (AvgIpc) is 2.39. The topological polar surface area (TPSA) is 20.2 Å². The lowest BCUT2D eigenvalue weighted by molar-refractivity contribution is 0.208. The Morgan fingerprint density at radius 2 is 1.37 bits per heavy atom. The number of aliphatic hydroxyl groups is 1. The first-order valence-electron chi connectivity index (χ1n) is 5.81. The first-order chi connectivity index (χ1) is 8.93. The van der Waals surface area contributed by atoms with Gasteiger partial charge in [-0.15, -0.1) is 0 Å². The highest BCUT2D eigenvalue weighted by Crippen LogP contribution is 2.29. The van der Waals surface area contributed by atoms with E-state index in [-0.39, 0.29) is 16.7 Å². The van der Waals surface area contributed by atoms with Gasteiger partial charge < -0.3 is 5.11 Å². The van der Waals surface area contributed by atoms with Crippen molar-refractivity contribution >= 4 is 0 Å². The van der Waals surface area contributed by atoms with Crippen molar-refractivity contribution in [1.29, 1.82) is 0 Å². The molecule has 0 aliphatic carbocycles. The molecular formula is C15H13F3O.